The van der Waals surface area contributed by atoms with Gasteiger partial charge in [0.1, 0.15) is 0 Å². The summed E-state index contributed by atoms with van der Waals surface area (Å²) in [5.74, 6) is -6.95. The predicted molar refractivity (Wildman–Crippen MR) is 65.7 cm³/mol. The highest BCUT2D eigenvalue weighted by Gasteiger charge is 2.31. The first-order chi connectivity index (χ1) is 9.47. The Kier molecular flexibility index (Phi) is 2.84. The monoisotopic (exact) mass is 285 g/mol. The Labute approximate surface area is 111 Å². The molecule has 0 radical (unpaired) electrons. The highest BCUT2D eigenvalue weighted by atomic mass is 19.2. The summed E-state index contributed by atoms with van der Waals surface area (Å²) < 4.78 is 56.0. The first-order valence-electron chi connectivity index (χ1n) is 6.37. The third-order valence-electron chi connectivity index (χ3n) is 3.61. The summed E-state index contributed by atoms with van der Waals surface area (Å²) in [4.78, 5) is 11.9. The molecule has 2 nitrogen and oxygen atoms in total. The molecule has 106 valence electrons. The molecule has 1 aromatic carbocycles. The maximum atomic E-state index is 14.0. The summed E-state index contributed by atoms with van der Waals surface area (Å²) >= 11 is 0. The molecule has 1 aromatic heterocycles. The van der Waals surface area contributed by atoms with E-state index in [0.717, 1.165) is 12.8 Å². The Morgan fingerprint density at radius 2 is 1.70 bits per heavy atom. The predicted octanol–water partition coefficient (Wildman–Crippen LogP) is 3.46. The maximum absolute atomic E-state index is 14.0. The number of nitrogens with zero attached hydrogens (tertiary/aromatic N) is 1. The van der Waals surface area contributed by atoms with Gasteiger partial charge in [-0.2, -0.15) is 0 Å². The smallest absolute Gasteiger partial charge is 0.199 e. The molecule has 6 heteroatoms. The van der Waals surface area contributed by atoms with Crippen molar-refractivity contribution in [2.45, 2.75) is 32.2 Å². The largest absolute Gasteiger partial charge is 0.339 e. The number of pyridine rings is 1. The van der Waals surface area contributed by atoms with Crippen molar-refractivity contribution in [1.82, 2.24) is 4.57 Å². The molecule has 1 aliphatic rings. The third-order valence-corrected chi connectivity index (χ3v) is 3.61. The molecular weight excluding hydrogens is 274 g/mol. The molecule has 0 bridgehead atoms. The lowest BCUT2D eigenvalue weighted by atomic mass is 10.1. The van der Waals surface area contributed by atoms with Gasteiger partial charge in [0.05, 0.1) is 10.9 Å². The van der Waals surface area contributed by atoms with E-state index < -0.39 is 39.6 Å². The van der Waals surface area contributed by atoms with Crippen molar-refractivity contribution < 1.29 is 17.6 Å². The van der Waals surface area contributed by atoms with Crippen molar-refractivity contribution in [3.05, 3.63) is 45.3 Å². The lowest BCUT2D eigenvalue weighted by Crippen LogP contribution is -2.17. The minimum absolute atomic E-state index is 0.0909. The van der Waals surface area contributed by atoms with Crippen molar-refractivity contribution in [1.29, 1.82) is 0 Å². The summed E-state index contributed by atoms with van der Waals surface area (Å²) in [5.41, 5.74) is -0.799. The molecule has 0 saturated heterocycles. The zero-order chi connectivity index (χ0) is 14.6. The second-order valence-electron chi connectivity index (χ2n) is 4.93. The van der Waals surface area contributed by atoms with Gasteiger partial charge in [0, 0.05) is 17.8 Å². The van der Waals surface area contributed by atoms with Crippen LogP contribution in [0.5, 0.6) is 0 Å². The standard InChI is InChI=1S/C14H11F4NO/c1-2-6-5-8(20)9-10(15)11(16)12(17)13(18)14(9)19(6)7-3-4-7/h5,7H,2-4H2,1H3. The molecule has 20 heavy (non-hydrogen) atoms. The summed E-state index contributed by atoms with van der Waals surface area (Å²) in [6.45, 7) is 1.76. The third kappa shape index (κ3) is 1.67. The summed E-state index contributed by atoms with van der Waals surface area (Å²) in [7, 11) is 0. The van der Waals surface area contributed by atoms with E-state index in [-0.39, 0.29) is 6.04 Å². The normalized spacial score (nSPS) is 15.1. The highest BCUT2D eigenvalue weighted by molar-refractivity contribution is 5.81. The molecule has 0 N–H and O–H groups in total. The maximum Gasteiger partial charge on any atom is 0.199 e. The minimum atomic E-state index is -1.95. The van der Waals surface area contributed by atoms with Crippen LogP contribution in [0.15, 0.2) is 10.9 Å². The van der Waals surface area contributed by atoms with Gasteiger partial charge < -0.3 is 4.57 Å². The van der Waals surface area contributed by atoms with Gasteiger partial charge in [0.15, 0.2) is 28.7 Å². The van der Waals surface area contributed by atoms with Gasteiger partial charge in [0.25, 0.3) is 0 Å². The van der Waals surface area contributed by atoms with Crippen LogP contribution in [0.1, 0.15) is 31.5 Å². The number of aromatic nitrogens is 1. The summed E-state index contributed by atoms with van der Waals surface area (Å²) in [6.07, 6.45) is 1.90. The topological polar surface area (TPSA) is 22.0 Å². The number of aryl methyl sites for hydroxylation is 1. The molecule has 2 aromatic rings. The molecule has 0 unspecified atom stereocenters. The lowest BCUT2D eigenvalue weighted by molar-refractivity contribution is 0.414. The van der Waals surface area contributed by atoms with Crippen LogP contribution < -0.4 is 5.43 Å². The number of fused-ring (bicyclic) bond motifs is 1. The van der Waals surface area contributed by atoms with Crippen LogP contribution >= 0.6 is 0 Å². The molecular formula is C14H11F4NO. The Morgan fingerprint density at radius 3 is 2.25 bits per heavy atom. The molecule has 0 amide bonds. The number of rotatable bonds is 2. The van der Waals surface area contributed by atoms with E-state index in [0.29, 0.717) is 12.1 Å². The van der Waals surface area contributed by atoms with Crippen LogP contribution in [0.2, 0.25) is 0 Å². The van der Waals surface area contributed by atoms with Crippen LogP contribution in [0, 0.1) is 23.3 Å². The Morgan fingerprint density at radius 1 is 1.10 bits per heavy atom. The molecule has 3 rings (SSSR count). The van der Waals surface area contributed by atoms with Crippen molar-refractivity contribution in [3.8, 4) is 0 Å². The average molecular weight is 285 g/mol. The van der Waals surface area contributed by atoms with Crippen LogP contribution in [0.25, 0.3) is 10.9 Å². The first-order valence-corrected chi connectivity index (χ1v) is 6.37. The average Bonchev–Trinajstić information content (AvgIpc) is 3.25. The Bertz CT molecular complexity index is 777. The Hall–Kier alpha value is -1.85. The number of hydrogen-bond acceptors (Lipinski definition) is 1. The van der Waals surface area contributed by atoms with Crippen LogP contribution in [0.4, 0.5) is 17.6 Å². The first kappa shape index (κ1) is 13.1. The van der Waals surface area contributed by atoms with Crippen LogP contribution in [0.3, 0.4) is 0 Å². The fourth-order valence-electron chi connectivity index (χ4n) is 2.53. The Balaban J connectivity index is 2.58. The van der Waals surface area contributed by atoms with Gasteiger partial charge in [-0.1, -0.05) is 6.92 Å². The molecule has 0 aliphatic heterocycles. The zero-order valence-electron chi connectivity index (χ0n) is 10.6. The SMILES string of the molecule is CCc1cc(=O)c2c(F)c(F)c(F)c(F)c2n1C1CC1. The molecule has 1 aliphatic carbocycles. The molecule has 1 heterocycles. The molecule has 1 fully saturated rings. The van der Waals surface area contributed by atoms with Gasteiger partial charge in [-0.3, -0.25) is 4.79 Å². The minimum Gasteiger partial charge on any atom is -0.339 e. The molecule has 1 saturated carbocycles. The van der Waals surface area contributed by atoms with E-state index in [2.05, 4.69) is 0 Å². The summed E-state index contributed by atoms with van der Waals surface area (Å²) in [5, 5.41) is -0.717. The number of benzene rings is 1. The number of hydrogen-bond donors (Lipinski definition) is 0. The van der Waals surface area contributed by atoms with Gasteiger partial charge in [-0.15, -0.1) is 0 Å². The lowest BCUT2D eigenvalue weighted by Gasteiger charge is -2.16. The van der Waals surface area contributed by atoms with E-state index in [9.17, 15) is 22.4 Å². The van der Waals surface area contributed by atoms with Gasteiger partial charge in [0.2, 0.25) is 0 Å². The fraction of sp³-hybridized carbons (Fsp3) is 0.357. The van der Waals surface area contributed by atoms with Crippen LogP contribution in [-0.2, 0) is 6.42 Å². The van der Waals surface area contributed by atoms with Crippen molar-refractivity contribution in [3.63, 3.8) is 0 Å². The van der Waals surface area contributed by atoms with Gasteiger partial charge in [-0.05, 0) is 19.3 Å². The molecule has 0 atom stereocenters. The van der Waals surface area contributed by atoms with Gasteiger partial charge >= 0.3 is 0 Å². The summed E-state index contributed by atoms with van der Waals surface area (Å²) in [6, 6.07) is 1.08. The molecule has 0 spiro atoms. The van der Waals surface area contributed by atoms with Crippen molar-refractivity contribution in [2.24, 2.45) is 0 Å². The highest BCUT2D eigenvalue weighted by Crippen LogP contribution is 2.39. The second-order valence-corrected chi connectivity index (χ2v) is 4.93. The van der Waals surface area contributed by atoms with Crippen LogP contribution in [-0.4, -0.2) is 4.57 Å². The van der Waals surface area contributed by atoms with E-state index >= 15 is 0 Å². The second kappa shape index (κ2) is 4.33. The van der Waals surface area contributed by atoms with E-state index in [4.69, 9.17) is 0 Å². The fourth-order valence-corrected chi connectivity index (χ4v) is 2.53. The van der Waals surface area contributed by atoms with E-state index in [1.54, 1.807) is 6.92 Å². The number of halogens is 4. The van der Waals surface area contributed by atoms with Crippen molar-refractivity contribution in [2.75, 3.05) is 0 Å². The van der Waals surface area contributed by atoms with E-state index in [1.807, 2.05) is 0 Å². The quantitative estimate of drug-likeness (QED) is 0.470. The van der Waals surface area contributed by atoms with Gasteiger partial charge in [-0.25, -0.2) is 17.6 Å². The zero-order valence-corrected chi connectivity index (χ0v) is 10.6. The van der Waals surface area contributed by atoms with E-state index in [1.165, 1.54) is 10.6 Å². The van der Waals surface area contributed by atoms with Crippen molar-refractivity contribution >= 4 is 10.9 Å².